The number of rotatable bonds is 11. The molecule has 9 heteroatoms. The standard InChI is InChI=1S/C37H42N2O5SSi/c1-27(44-46(37(2,3)4,29-13-7-5-8-14-29)30-15-9-6-10-16-30)23-33-31(17-12-20-38-33)36(42)39-21-22-45-26-28(39)25-43-35-19-11-18-34(41)32(35)24-40/h5-20,24,27-28,41H,21-23,25-26H2,1-4H3/t27?,28-/m1/s1. The molecule has 240 valence electrons. The molecule has 1 aromatic heterocycles. The molecule has 0 saturated carbocycles. The molecule has 1 saturated heterocycles. The highest BCUT2D eigenvalue weighted by Crippen LogP contribution is 2.38. The van der Waals surface area contributed by atoms with Gasteiger partial charge in [0.25, 0.3) is 14.2 Å². The first kappa shape index (κ1) is 33.4. The molecule has 1 aliphatic heterocycles. The zero-order valence-corrected chi connectivity index (χ0v) is 28.7. The zero-order valence-electron chi connectivity index (χ0n) is 26.9. The van der Waals surface area contributed by atoms with Gasteiger partial charge >= 0.3 is 0 Å². The molecule has 5 rings (SSSR count). The summed E-state index contributed by atoms with van der Waals surface area (Å²) < 4.78 is 13.3. The fraction of sp³-hybridized carbons (Fsp3) is 0.324. The van der Waals surface area contributed by atoms with Crippen LogP contribution in [0.1, 0.15) is 54.1 Å². The van der Waals surface area contributed by atoms with Gasteiger partial charge in [0.05, 0.1) is 22.9 Å². The predicted molar refractivity (Wildman–Crippen MR) is 187 cm³/mol. The smallest absolute Gasteiger partial charge is 0.261 e. The van der Waals surface area contributed by atoms with E-state index in [4.69, 9.17) is 14.1 Å². The topological polar surface area (TPSA) is 89.0 Å². The molecular formula is C37H42N2O5SSi. The quantitative estimate of drug-likeness (QED) is 0.163. The maximum absolute atomic E-state index is 14.2. The van der Waals surface area contributed by atoms with Crippen molar-refractivity contribution < 1.29 is 23.9 Å². The third-order valence-corrected chi connectivity index (χ3v) is 14.7. The van der Waals surface area contributed by atoms with Crippen LogP contribution < -0.4 is 15.1 Å². The van der Waals surface area contributed by atoms with E-state index in [1.165, 1.54) is 16.4 Å². The first-order chi connectivity index (χ1) is 22.2. The highest BCUT2D eigenvalue weighted by Gasteiger charge is 2.51. The molecule has 2 atom stereocenters. The van der Waals surface area contributed by atoms with Crippen molar-refractivity contribution in [1.82, 2.24) is 9.88 Å². The van der Waals surface area contributed by atoms with Crippen LogP contribution in [0.2, 0.25) is 5.04 Å². The third-order valence-electron chi connectivity index (χ3n) is 8.48. The number of amides is 1. The van der Waals surface area contributed by atoms with Crippen LogP contribution in [0.4, 0.5) is 0 Å². The van der Waals surface area contributed by atoms with E-state index >= 15 is 0 Å². The van der Waals surface area contributed by atoms with E-state index in [0.717, 1.165) is 5.75 Å². The molecule has 0 bridgehead atoms. The summed E-state index contributed by atoms with van der Waals surface area (Å²) in [7, 11) is -2.79. The Morgan fingerprint density at radius 3 is 2.33 bits per heavy atom. The van der Waals surface area contributed by atoms with Crippen LogP contribution in [-0.4, -0.2) is 72.3 Å². The highest BCUT2D eigenvalue weighted by molar-refractivity contribution is 7.99. The van der Waals surface area contributed by atoms with Gasteiger partial charge in [-0.2, -0.15) is 11.8 Å². The summed E-state index contributed by atoms with van der Waals surface area (Å²) in [6, 6.07) is 29.3. The van der Waals surface area contributed by atoms with Gasteiger partial charge in [-0.25, -0.2) is 0 Å². The lowest BCUT2D eigenvalue weighted by atomic mass is 10.1. The predicted octanol–water partition coefficient (Wildman–Crippen LogP) is 5.74. The van der Waals surface area contributed by atoms with Crippen molar-refractivity contribution in [3.63, 3.8) is 0 Å². The molecular weight excluding hydrogens is 613 g/mol. The maximum atomic E-state index is 14.2. The number of aromatic hydroxyl groups is 1. The number of pyridine rings is 1. The number of carbonyl (C=O) groups is 2. The monoisotopic (exact) mass is 654 g/mol. The normalized spacial score (nSPS) is 16.1. The first-order valence-corrected chi connectivity index (χ1v) is 18.7. The fourth-order valence-electron chi connectivity index (χ4n) is 6.28. The van der Waals surface area contributed by atoms with Crippen LogP contribution in [0.5, 0.6) is 11.5 Å². The Kier molecular flexibility index (Phi) is 10.7. The summed E-state index contributed by atoms with van der Waals surface area (Å²) in [6.45, 7) is 9.62. The van der Waals surface area contributed by atoms with Crippen molar-refractivity contribution in [2.45, 2.75) is 51.3 Å². The Balaban J connectivity index is 1.40. The SMILES string of the molecule is CC(Cc1ncccc1C(=O)N1CCSC[C@H]1COc1cccc(O)c1C=O)O[Si](c1ccccc1)(c1ccccc1)C(C)(C)C. The number of aldehydes is 1. The van der Waals surface area contributed by atoms with Gasteiger partial charge in [-0.1, -0.05) is 87.5 Å². The summed E-state index contributed by atoms with van der Waals surface area (Å²) in [5, 5.41) is 12.3. The molecule has 7 nitrogen and oxygen atoms in total. The number of benzene rings is 3. The average molecular weight is 655 g/mol. The van der Waals surface area contributed by atoms with E-state index in [2.05, 4.69) is 76.2 Å². The lowest BCUT2D eigenvalue weighted by molar-refractivity contribution is 0.0644. The fourth-order valence-corrected chi connectivity index (χ4v) is 12.0. The van der Waals surface area contributed by atoms with Gasteiger partial charge in [0.15, 0.2) is 6.29 Å². The van der Waals surface area contributed by atoms with Gasteiger partial charge in [-0.3, -0.25) is 14.6 Å². The van der Waals surface area contributed by atoms with Gasteiger partial charge < -0.3 is 19.2 Å². The molecule has 1 amide bonds. The van der Waals surface area contributed by atoms with Crippen molar-refractivity contribution >= 4 is 42.6 Å². The molecule has 4 aromatic rings. The van der Waals surface area contributed by atoms with Gasteiger partial charge in [0, 0.05) is 36.8 Å². The molecule has 0 aliphatic carbocycles. The van der Waals surface area contributed by atoms with Crippen LogP contribution in [0.3, 0.4) is 0 Å². The molecule has 1 fully saturated rings. The Morgan fingerprint density at radius 2 is 1.70 bits per heavy atom. The number of aromatic nitrogens is 1. The number of phenolic OH excluding ortho intramolecular Hbond substituents is 1. The number of thioether (sulfide) groups is 1. The Morgan fingerprint density at radius 1 is 1.02 bits per heavy atom. The molecule has 3 aromatic carbocycles. The first-order valence-electron chi connectivity index (χ1n) is 15.7. The van der Waals surface area contributed by atoms with E-state index in [1.807, 2.05) is 23.1 Å². The minimum Gasteiger partial charge on any atom is -0.507 e. The average Bonchev–Trinajstić information content (AvgIpc) is 3.06. The second-order valence-corrected chi connectivity index (χ2v) is 18.0. The number of hydrogen-bond acceptors (Lipinski definition) is 7. The lowest BCUT2D eigenvalue weighted by Crippen LogP contribution is -2.67. The van der Waals surface area contributed by atoms with Crippen LogP contribution in [0, 0.1) is 0 Å². The molecule has 2 heterocycles. The number of nitrogens with zero attached hydrogens (tertiary/aromatic N) is 2. The van der Waals surface area contributed by atoms with Gasteiger partial charge in [-0.15, -0.1) is 0 Å². The van der Waals surface area contributed by atoms with Gasteiger partial charge in [-0.05, 0) is 46.6 Å². The van der Waals surface area contributed by atoms with Crippen LogP contribution in [-0.2, 0) is 10.8 Å². The van der Waals surface area contributed by atoms with Crippen molar-refractivity contribution in [3.8, 4) is 11.5 Å². The zero-order chi connectivity index (χ0) is 32.7. The summed E-state index contributed by atoms with van der Waals surface area (Å²) in [6.07, 6.45) is 2.57. The van der Waals surface area contributed by atoms with Gasteiger partial charge in [0.1, 0.15) is 18.1 Å². The third kappa shape index (κ3) is 7.06. The number of carbonyl (C=O) groups excluding carboxylic acids is 2. The molecule has 1 N–H and O–H groups in total. The minimum absolute atomic E-state index is 0.0961. The number of hydrogen-bond donors (Lipinski definition) is 1. The molecule has 46 heavy (non-hydrogen) atoms. The van der Waals surface area contributed by atoms with E-state index < -0.39 is 8.32 Å². The van der Waals surface area contributed by atoms with Gasteiger partial charge in [0.2, 0.25) is 0 Å². The van der Waals surface area contributed by atoms with E-state index in [-0.39, 0.29) is 41.0 Å². The Bertz CT molecular complexity index is 1590. The summed E-state index contributed by atoms with van der Waals surface area (Å²) in [5.41, 5.74) is 1.36. The highest BCUT2D eigenvalue weighted by atomic mass is 32.2. The Labute approximate surface area is 277 Å². The largest absolute Gasteiger partial charge is 0.507 e. The molecule has 1 unspecified atom stereocenters. The maximum Gasteiger partial charge on any atom is 0.261 e. The number of phenols is 1. The molecule has 0 spiro atoms. The molecule has 1 aliphatic rings. The summed E-state index contributed by atoms with van der Waals surface area (Å²) in [4.78, 5) is 32.3. The Hall–Kier alpha value is -3.92. The minimum atomic E-state index is -2.79. The van der Waals surface area contributed by atoms with E-state index in [9.17, 15) is 14.7 Å². The van der Waals surface area contributed by atoms with Crippen LogP contribution >= 0.6 is 11.8 Å². The number of ether oxygens (including phenoxy) is 1. The van der Waals surface area contributed by atoms with Crippen LogP contribution in [0.15, 0.2) is 97.2 Å². The lowest BCUT2D eigenvalue weighted by Gasteiger charge is -2.44. The van der Waals surface area contributed by atoms with E-state index in [1.54, 1.807) is 36.2 Å². The van der Waals surface area contributed by atoms with E-state index in [0.29, 0.717) is 42.0 Å². The summed E-state index contributed by atoms with van der Waals surface area (Å²) >= 11 is 1.76. The second kappa shape index (κ2) is 14.7. The van der Waals surface area contributed by atoms with Crippen molar-refractivity contribution in [3.05, 3.63) is 114 Å². The van der Waals surface area contributed by atoms with Crippen molar-refractivity contribution in [1.29, 1.82) is 0 Å². The summed E-state index contributed by atoms with van der Waals surface area (Å²) in [5.74, 6) is 1.59. The second-order valence-electron chi connectivity index (χ2n) is 12.6. The molecule has 0 radical (unpaired) electrons. The van der Waals surface area contributed by atoms with Crippen molar-refractivity contribution in [2.75, 3.05) is 24.7 Å². The van der Waals surface area contributed by atoms with Crippen LogP contribution in [0.25, 0.3) is 0 Å². The van der Waals surface area contributed by atoms with Crippen molar-refractivity contribution in [2.24, 2.45) is 0 Å².